The van der Waals surface area contributed by atoms with Crippen molar-refractivity contribution >= 4 is 21.6 Å². The van der Waals surface area contributed by atoms with Gasteiger partial charge in [-0.1, -0.05) is 18.5 Å². The molecule has 0 aliphatic heterocycles. The van der Waals surface area contributed by atoms with E-state index in [1.54, 1.807) is 20.1 Å². The van der Waals surface area contributed by atoms with Crippen molar-refractivity contribution in [1.82, 2.24) is 4.31 Å². The predicted molar refractivity (Wildman–Crippen MR) is 80.2 cm³/mol. The fraction of sp³-hybridized carbons (Fsp3) is 0.538. The highest BCUT2D eigenvalue weighted by Crippen LogP contribution is 2.23. The number of halogens is 1. The van der Waals surface area contributed by atoms with Gasteiger partial charge in [0.1, 0.15) is 0 Å². The molecule has 5 nitrogen and oxygen atoms in total. The van der Waals surface area contributed by atoms with E-state index >= 15 is 0 Å². The quantitative estimate of drug-likeness (QED) is 0.832. The van der Waals surface area contributed by atoms with Crippen molar-refractivity contribution in [2.24, 2.45) is 5.73 Å². The van der Waals surface area contributed by atoms with E-state index in [2.05, 4.69) is 0 Å². The minimum Gasteiger partial charge on any atom is -0.383 e. The molecule has 0 saturated heterocycles. The van der Waals surface area contributed by atoms with Gasteiger partial charge < -0.3 is 10.5 Å². The summed E-state index contributed by atoms with van der Waals surface area (Å²) in [6, 6.07) is 4.34. The molecule has 0 amide bonds. The number of nitrogens with zero attached hydrogens (tertiary/aromatic N) is 1. The summed E-state index contributed by atoms with van der Waals surface area (Å²) in [7, 11) is -2.04. The number of nitrogens with two attached hydrogens (primary N) is 1. The first-order chi connectivity index (χ1) is 9.38. The molecule has 0 aliphatic rings. The van der Waals surface area contributed by atoms with Crippen LogP contribution in [0.3, 0.4) is 0 Å². The van der Waals surface area contributed by atoms with Crippen molar-refractivity contribution in [3.63, 3.8) is 0 Å². The number of likely N-dealkylation sites (N-methyl/N-ethyl adjacent to an activating group) is 1. The summed E-state index contributed by atoms with van der Waals surface area (Å²) in [4.78, 5) is 0.201. The van der Waals surface area contributed by atoms with Gasteiger partial charge in [-0.3, -0.25) is 0 Å². The first kappa shape index (κ1) is 17.4. The molecule has 20 heavy (non-hydrogen) atoms. The van der Waals surface area contributed by atoms with Gasteiger partial charge in [-0.15, -0.1) is 0 Å². The van der Waals surface area contributed by atoms with Crippen molar-refractivity contribution in [3.8, 4) is 0 Å². The third-order valence-electron chi connectivity index (χ3n) is 3.05. The van der Waals surface area contributed by atoms with Gasteiger partial charge in [-0.25, -0.2) is 8.42 Å². The van der Waals surface area contributed by atoms with E-state index in [0.717, 1.165) is 0 Å². The van der Waals surface area contributed by atoms with Crippen LogP contribution in [0.15, 0.2) is 23.1 Å². The van der Waals surface area contributed by atoms with Crippen LogP contribution >= 0.6 is 11.6 Å². The van der Waals surface area contributed by atoms with Crippen molar-refractivity contribution in [2.45, 2.75) is 31.3 Å². The molecule has 0 fully saturated rings. The number of hydrogen-bond acceptors (Lipinski definition) is 4. The van der Waals surface area contributed by atoms with Crippen LogP contribution in [-0.2, 0) is 21.3 Å². The third kappa shape index (κ3) is 3.71. The summed E-state index contributed by atoms with van der Waals surface area (Å²) in [5.74, 6) is 0. The third-order valence-corrected chi connectivity index (χ3v) is 5.51. The molecule has 0 aliphatic carbocycles. The van der Waals surface area contributed by atoms with Crippen LogP contribution in [0.25, 0.3) is 0 Å². The lowest BCUT2D eigenvalue weighted by molar-refractivity contribution is 0.142. The molecule has 7 heteroatoms. The number of methoxy groups -OCH3 is 1. The average Bonchev–Trinajstić information content (AvgIpc) is 2.39. The van der Waals surface area contributed by atoms with Crippen molar-refractivity contribution in [2.75, 3.05) is 20.3 Å². The predicted octanol–water partition coefficient (Wildman–Crippen LogP) is 1.84. The summed E-state index contributed by atoms with van der Waals surface area (Å²) in [5.41, 5.74) is 6.18. The lowest BCUT2D eigenvalue weighted by Crippen LogP contribution is -2.40. The second kappa shape index (κ2) is 7.38. The normalized spacial score (nSPS) is 13.7. The molecule has 1 unspecified atom stereocenters. The van der Waals surface area contributed by atoms with Crippen LogP contribution in [0.2, 0.25) is 5.02 Å². The number of rotatable bonds is 7. The Morgan fingerprint density at radius 3 is 2.60 bits per heavy atom. The van der Waals surface area contributed by atoms with Crippen molar-refractivity contribution < 1.29 is 13.2 Å². The van der Waals surface area contributed by atoms with Gasteiger partial charge in [-0.05, 0) is 30.7 Å². The summed E-state index contributed by atoms with van der Waals surface area (Å²) >= 11 is 5.96. The summed E-state index contributed by atoms with van der Waals surface area (Å²) < 4.78 is 31.7. The molecule has 114 valence electrons. The minimum atomic E-state index is -3.58. The SMILES string of the molecule is CCN(C(C)COC)S(=O)(=O)c1ccc(Cl)c(CN)c1. The number of benzene rings is 1. The maximum absolute atomic E-state index is 12.6. The van der Waals surface area contributed by atoms with Gasteiger partial charge >= 0.3 is 0 Å². The molecule has 1 atom stereocenters. The Labute approximate surface area is 125 Å². The smallest absolute Gasteiger partial charge is 0.243 e. The second-order valence-corrected chi connectivity index (χ2v) is 6.77. The molecule has 2 N–H and O–H groups in total. The first-order valence-electron chi connectivity index (χ1n) is 6.37. The van der Waals surface area contributed by atoms with Crippen LogP contribution in [-0.4, -0.2) is 39.0 Å². The largest absolute Gasteiger partial charge is 0.383 e. The van der Waals surface area contributed by atoms with E-state index in [-0.39, 0.29) is 17.5 Å². The zero-order valence-electron chi connectivity index (χ0n) is 12.0. The van der Waals surface area contributed by atoms with Gasteiger partial charge in [-0.2, -0.15) is 4.31 Å². The van der Waals surface area contributed by atoms with E-state index in [4.69, 9.17) is 22.1 Å². The zero-order valence-corrected chi connectivity index (χ0v) is 13.5. The van der Waals surface area contributed by atoms with Crippen LogP contribution in [0.1, 0.15) is 19.4 Å². The van der Waals surface area contributed by atoms with E-state index in [1.807, 2.05) is 6.92 Å². The van der Waals surface area contributed by atoms with Crippen LogP contribution in [0.5, 0.6) is 0 Å². The number of hydrogen-bond donors (Lipinski definition) is 1. The molecular weight excluding hydrogens is 300 g/mol. The van der Waals surface area contributed by atoms with Crippen molar-refractivity contribution in [1.29, 1.82) is 0 Å². The van der Waals surface area contributed by atoms with E-state index in [9.17, 15) is 8.42 Å². The molecule has 0 spiro atoms. The van der Waals surface area contributed by atoms with E-state index in [0.29, 0.717) is 23.7 Å². The lowest BCUT2D eigenvalue weighted by Gasteiger charge is -2.26. The molecular formula is C13H21ClN2O3S. The molecule has 1 aromatic rings. The molecule has 0 saturated carbocycles. The molecule has 0 heterocycles. The fourth-order valence-corrected chi connectivity index (χ4v) is 3.92. The molecule has 0 bridgehead atoms. The van der Waals surface area contributed by atoms with Crippen LogP contribution in [0.4, 0.5) is 0 Å². The maximum Gasteiger partial charge on any atom is 0.243 e. The summed E-state index contributed by atoms with van der Waals surface area (Å²) in [5, 5.41) is 0.472. The van der Waals surface area contributed by atoms with Gasteiger partial charge in [0, 0.05) is 31.3 Å². The highest BCUT2D eigenvalue weighted by atomic mass is 35.5. The van der Waals surface area contributed by atoms with Crippen LogP contribution in [0, 0.1) is 0 Å². The van der Waals surface area contributed by atoms with Gasteiger partial charge in [0.2, 0.25) is 10.0 Å². The molecule has 1 aromatic carbocycles. The highest BCUT2D eigenvalue weighted by molar-refractivity contribution is 7.89. The minimum absolute atomic E-state index is 0.196. The standard InChI is InChI=1S/C13H21ClN2O3S/c1-4-16(10(2)9-19-3)20(17,18)12-5-6-13(14)11(7-12)8-15/h5-7,10H,4,8-9,15H2,1-3H3. The Morgan fingerprint density at radius 2 is 2.10 bits per heavy atom. The van der Waals surface area contributed by atoms with E-state index in [1.165, 1.54) is 16.4 Å². The van der Waals surface area contributed by atoms with Crippen LogP contribution < -0.4 is 5.73 Å². The topological polar surface area (TPSA) is 72.6 Å². The van der Waals surface area contributed by atoms with Gasteiger partial charge in [0.15, 0.2) is 0 Å². The van der Waals surface area contributed by atoms with Gasteiger partial charge in [0.25, 0.3) is 0 Å². The summed E-state index contributed by atoms with van der Waals surface area (Å²) in [6.45, 7) is 4.51. The number of sulfonamides is 1. The second-order valence-electron chi connectivity index (χ2n) is 4.47. The first-order valence-corrected chi connectivity index (χ1v) is 8.19. The Balaban J connectivity index is 3.20. The monoisotopic (exact) mass is 320 g/mol. The molecule has 0 radical (unpaired) electrons. The Hall–Kier alpha value is -0.660. The zero-order chi connectivity index (χ0) is 15.3. The molecule has 0 aromatic heterocycles. The Bertz CT molecular complexity index is 549. The summed E-state index contributed by atoms with van der Waals surface area (Å²) in [6.07, 6.45) is 0. The highest BCUT2D eigenvalue weighted by Gasteiger charge is 2.28. The maximum atomic E-state index is 12.6. The fourth-order valence-electron chi connectivity index (χ4n) is 2.05. The number of ether oxygens (including phenoxy) is 1. The van der Waals surface area contributed by atoms with E-state index < -0.39 is 10.0 Å². The average molecular weight is 321 g/mol. The Morgan fingerprint density at radius 1 is 1.45 bits per heavy atom. The Kier molecular flexibility index (Phi) is 6.42. The van der Waals surface area contributed by atoms with Crippen molar-refractivity contribution in [3.05, 3.63) is 28.8 Å². The molecule has 1 rings (SSSR count). The lowest BCUT2D eigenvalue weighted by atomic mass is 10.2. The van der Waals surface area contributed by atoms with Gasteiger partial charge in [0.05, 0.1) is 11.5 Å².